The fourth-order valence-corrected chi connectivity index (χ4v) is 1.75. The maximum absolute atomic E-state index is 9.06. The topological polar surface area (TPSA) is 76.5 Å². The lowest BCUT2D eigenvalue weighted by Crippen LogP contribution is -2.22. The third-order valence-electron chi connectivity index (χ3n) is 2.68. The number of aliphatic hydroxyl groups is 1. The van der Waals surface area contributed by atoms with E-state index in [4.69, 9.17) is 14.6 Å². The minimum atomic E-state index is 0.155. The van der Waals surface area contributed by atoms with Crippen LogP contribution in [0, 0.1) is 0 Å². The van der Waals surface area contributed by atoms with Gasteiger partial charge in [0.05, 0.1) is 12.8 Å². The van der Waals surface area contributed by atoms with Crippen molar-refractivity contribution in [3.05, 3.63) is 12.5 Å². The zero-order chi connectivity index (χ0) is 13.9. The summed E-state index contributed by atoms with van der Waals surface area (Å²) < 4.78 is 10.5. The molecule has 108 valence electrons. The van der Waals surface area contributed by atoms with Crippen LogP contribution >= 0.6 is 0 Å². The Labute approximate surface area is 114 Å². The largest absolute Gasteiger partial charge is 0.486 e. The molecule has 0 aliphatic carbocycles. The smallest absolute Gasteiger partial charge is 0.179 e. The maximum Gasteiger partial charge on any atom is 0.179 e. The Balaban J connectivity index is 2.63. The summed E-state index contributed by atoms with van der Waals surface area (Å²) in [4.78, 5) is 8.15. The van der Waals surface area contributed by atoms with E-state index in [1.165, 1.54) is 6.33 Å². The molecule has 2 N–H and O–H groups in total. The van der Waals surface area contributed by atoms with Gasteiger partial charge in [0.1, 0.15) is 12.9 Å². The van der Waals surface area contributed by atoms with E-state index in [0.29, 0.717) is 31.2 Å². The van der Waals surface area contributed by atoms with Gasteiger partial charge >= 0.3 is 0 Å². The zero-order valence-electron chi connectivity index (χ0n) is 11.6. The fourth-order valence-electron chi connectivity index (χ4n) is 1.75. The Morgan fingerprint density at radius 3 is 2.89 bits per heavy atom. The number of aliphatic hydroxyl groups excluding tert-OH is 1. The van der Waals surface area contributed by atoms with Crippen molar-refractivity contribution in [2.24, 2.45) is 0 Å². The molecule has 0 aromatic carbocycles. The van der Waals surface area contributed by atoms with Gasteiger partial charge in [-0.2, -0.15) is 0 Å². The number of hydrogen-bond donors (Lipinski definition) is 2. The van der Waals surface area contributed by atoms with Crippen LogP contribution in [0.1, 0.15) is 26.2 Å². The quantitative estimate of drug-likeness (QED) is 0.626. The molecule has 0 spiro atoms. The van der Waals surface area contributed by atoms with E-state index >= 15 is 0 Å². The predicted octanol–water partition coefficient (Wildman–Crippen LogP) is 1.46. The second kappa shape index (κ2) is 9.52. The van der Waals surface area contributed by atoms with Crippen molar-refractivity contribution < 1.29 is 14.6 Å². The van der Waals surface area contributed by atoms with Crippen LogP contribution in [0.25, 0.3) is 0 Å². The lowest BCUT2D eigenvalue weighted by molar-refractivity contribution is 0.146. The number of nitrogens with one attached hydrogen (secondary N) is 1. The van der Waals surface area contributed by atoms with Gasteiger partial charge in [0.2, 0.25) is 0 Å². The van der Waals surface area contributed by atoms with Crippen LogP contribution in [-0.2, 0) is 4.74 Å². The lowest BCUT2D eigenvalue weighted by Gasteiger charge is -2.19. The number of methoxy groups -OCH3 is 1. The summed E-state index contributed by atoms with van der Waals surface area (Å²) in [5, 5.41) is 12.4. The van der Waals surface area contributed by atoms with Crippen molar-refractivity contribution in [3.8, 4) is 5.75 Å². The summed E-state index contributed by atoms with van der Waals surface area (Å²) in [6.07, 6.45) is 5.82. The first-order valence-corrected chi connectivity index (χ1v) is 6.61. The minimum Gasteiger partial charge on any atom is -0.486 e. The van der Waals surface area contributed by atoms with Crippen LogP contribution < -0.4 is 10.1 Å². The number of nitrogens with zero attached hydrogens (tertiary/aromatic N) is 2. The van der Waals surface area contributed by atoms with E-state index in [1.54, 1.807) is 13.3 Å². The number of aromatic nitrogens is 2. The van der Waals surface area contributed by atoms with Gasteiger partial charge in [0.25, 0.3) is 0 Å². The van der Waals surface area contributed by atoms with E-state index in [1.807, 2.05) is 0 Å². The standard InChI is InChI=1S/C13H23N3O3/c1-3-4-11(5-6-17)16-13-12(9-14-10-15-13)19-8-7-18-2/h9-11,17H,3-8H2,1-2H3,(H,14,15,16)/t11-/m0/s1. The molecule has 0 amide bonds. The summed E-state index contributed by atoms with van der Waals surface area (Å²) in [6, 6.07) is 0.190. The van der Waals surface area contributed by atoms with Gasteiger partial charge in [0.15, 0.2) is 11.6 Å². The highest BCUT2D eigenvalue weighted by Gasteiger charge is 2.11. The van der Waals surface area contributed by atoms with Crippen LogP contribution in [0.15, 0.2) is 12.5 Å². The summed E-state index contributed by atoms with van der Waals surface area (Å²) in [7, 11) is 1.63. The molecule has 0 aliphatic heterocycles. The molecular formula is C13H23N3O3. The Hall–Kier alpha value is -1.40. The van der Waals surface area contributed by atoms with Gasteiger partial charge in [-0.3, -0.25) is 0 Å². The summed E-state index contributed by atoms with van der Waals surface area (Å²) >= 11 is 0. The monoisotopic (exact) mass is 269 g/mol. The molecule has 1 rings (SSSR count). The fraction of sp³-hybridized carbons (Fsp3) is 0.692. The second-order valence-corrected chi connectivity index (χ2v) is 4.22. The molecule has 6 heteroatoms. The van der Waals surface area contributed by atoms with E-state index in [2.05, 4.69) is 22.2 Å². The molecule has 1 atom stereocenters. The van der Waals surface area contributed by atoms with E-state index < -0.39 is 0 Å². The van der Waals surface area contributed by atoms with Gasteiger partial charge < -0.3 is 19.9 Å². The van der Waals surface area contributed by atoms with Crippen LogP contribution in [-0.4, -0.2) is 48.0 Å². The molecule has 0 saturated heterocycles. The van der Waals surface area contributed by atoms with Gasteiger partial charge in [0, 0.05) is 19.8 Å². The molecule has 1 aromatic heterocycles. The maximum atomic E-state index is 9.06. The molecule has 1 aromatic rings. The minimum absolute atomic E-state index is 0.155. The van der Waals surface area contributed by atoms with Gasteiger partial charge in [-0.25, -0.2) is 9.97 Å². The number of rotatable bonds is 10. The Kier molecular flexibility index (Phi) is 7.84. The number of ether oxygens (including phenoxy) is 2. The van der Waals surface area contributed by atoms with Gasteiger partial charge in [-0.15, -0.1) is 0 Å². The Bertz CT molecular complexity index is 344. The first-order chi connectivity index (χ1) is 9.31. The van der Waals surface area contributed by atoms with E-state index in [9.17, 15) is 0 Å². The highest BCUT2D eigenvalue weighted by atomic mass is 16.5. The molecule has 6 nitrogen and oxygen atoms in total. The first-order valence-electron chi connectivity index (χ1n) is 6.61. The number of hydrogen-bond acceptors (Lipinski definition) is 6. The normalized spacial score (nSPS) is 12.2. The van der Waals surface area contributed by atoms with Crippen molar-refractivity contribution in [3.63, 3.8) is 0 Å². The molecule has 0 unspecified atom stereocenters. The van der Waals surface area contributed by atoms with Crippen LogP contribution in [0.5, 0.6) is 5.75 Å². The van der Waals surface area contributed by atoms with Crippen molar-refractivity contribution >= 4 is 5.82 Å². The molecule has 0 fully saturated rings. The van der Waals surface area contributed by atoms with Crippen molar-refractivity contribution in [1.82, 2.24) is 9.97 Å². The zero-order valence-corrected chi connectivity index (χ0v) is 11.6. The molecule has 19 heavy (non-hydrogen) atoms. The van der Waals surface area contributed by atoms with Crippen LogP contribution in [0.3, 0.4) is 0 Å². The second-order valence-electron chi connectivity index (χ2n) is 4.22. The SMILES string of the molecule is CCC[C@@H](CCO)Nc1ncncc1OCCOC. The van der Waals surface area contributed by atoms with E-state index in [-0.39, 0.29) is 12.6 Å². The Morgan fingerprint density at radius 1 is 1.37 bits per heavy atom. The molecule has 0 aliphatic rings. The predicted molar refractivity (Wildman–Crippen MR) is 73.4 cm³/mol. The molecule has 1 heterocycles. The van der Waals surface area contributed by atoms with E-state index in [0.717, 1.165) is 12.8 Å². The van der Waals surface area contributed by atoms with Crippen molar-refractivity contribution in [1.29, 1.82) is 0 Å². The van der Waals surface area contributed by atoms with Crippen molar-refractivity contribution in [2.45, 2.75) is 32.2 Å². The number of anilines is 1. The molecular weight excluding hydrogens is 246 g/mol. The van der Waals surface area contributed by atoms with Gasteiger partial charge in [-0.1, -0.05) is 13.3 Å². The van der Waals surface area contributed by atoms with Gasteiger partial charge in [-0.05, 0) is 12.8 Å². The Morgan fingerprint density at radius 2 is 2.21 bits per heavy atom. The summed E-state index contributed by atoms with van der Waals surface area (Å²) in [5.41, 5.74) is 0. The molecule has 0 radical (unpaired) electrons. The average molecular weight is 269 g/mol. The average Bonchev–Trinajstić information content (AvgIpc) is 2.41. The summed E-state index contributed by atoms with van der Waals surface area (Å²) in [6.45, 7) is 3.24. The highest BCUT2D eigenvalue weighted by Crippen LogP contribution is 2.22. The van der Waals surface area contributed by atoms with Crippen LogP contribution in [0.4, 0.5) is 5.82 Å². The molecule has 0 bridgehead atoms. The first kappa shape index (κ1) is 15.7. The third kappa shape index (κ3) is 5.85. The molecule has 0 saturated carbocycles. The third-order valence-corrected chi connectivity index (χ3v) is 2.68. The van der Waals surface area contributed by atoms with Crippen LogP contribution in [0.2, 0.25) is 0 Å². The summed E-state index contributed by atoms with van der Waals surface area (Å²) in [5.74, 6) is 1.27. The van der Waals surface area contributed by atoms with Crippen molar-refractivity contribution in [2.75, 3.05) is 32.2 Å². The highest BCUT2D eigenvalue weighted by molar-refractivity contribution is 5.48. The lowest BCUT2D eigenvalue weighted by atomic mass is 10.1.